The number of ether oxygens (including phenoxy) is 1. The van der Waals surface area contributed by atoms with E-state index < -0.39 is 6.10 Å². The molecular formula is C15H18BrNO3. The maximum absolute atomic E-state index is 9.86. The van der Waals surface area contributed by atoms with Crippen molar-refractivity contribution in [3.63, 3.8) is 0 Å². The van der Waals surface area contributed by atoms with Gasteiger partial charge in [0.25, 0.3) is 0 Å². The Morgan fingerprint density at radius 1 is 1.40 bits per heavy atom. The molecule has 2 N–H and O–H groups in total. The maximum atomic E-state index is 9.86. The van der Waals surface area contributed by atoms with Crippen molar-refractivity contribution in [2.75, 3.05) is 13.2 Å². The van der Waals surface area contributed by atoms with Gasteiger partial charge in [-0.3, -0.25) is 0 Å². The average Bonchev–Trinajstić information content (AvgIpc) is 2.91. The van der Waals surface area contributed by atoms with Crippen molar-refractivity contribution in [2.45, 2.75) is 19.6 Å². The van der Waals surface area contributed by atoms with Crippen molar-refractivity contribution in [1.82, 2.24) is 5.32 Å². The van der Waals surface area contributed by atoms with Crippen molar-refractivity contribution in [3.8, 4) is 5.75 Å². The van der Waals surface area contributed by atoms with E-state index in [0.717, 1.165) is 21.3 Å². The highest BCUT2D eigenvalue weighted by Gasteiger charge is 2.07. The molecule has 0 aliphatic heterocycles. The topological polar surface area (TPSA) is 54.6 Å². The van der Waals surface area contributed by atoms with E-state index in [1.54, 1.807) is 12.5 Å². The fourth-order valence-electron chi connectivity index (χ4n) is 1.74. The van der Waals surface area contributed by atoms with Crippen molar-refractivity contribution < 1.29 is 14.3 Å². The quantitative estimate of drug-likeness (QED) is 0.814. The minimum Gasteiger partial charge on any atom is -0.490 e. The number of aliphatic hydroxyl groups excluding tert-OH is 1. The second-order valence-corrected chi connectivity index (χ2v) is 5.52. The van der Waals surface area contributed by atoms with Crippen LogP contribution in [0, 0.1) is 6.92 Å². The van der Waals surface area contributed by atoms with Gasteiger partial charge in [0, 0.05) is 18.7 Å². The molecule has 0 saturated carbocycles. The molecule has 0 aliphatic carbocycles. The van der Waals surface area contributed by atoms with E-state index in [4.69, 9.17) is 9.15 Å². The molecule has 0 spiro atoms. The summed E-state index contributed by atoms with van der Waals surface area (Å²) >= 11 is 3.44. The Labute approximate surface area is 126 Å². The van der Waals surface area contributed by atoms with Crippen LogP contribution >= 0.6 is 15.9 Å². The minimum atomic E-state index is -0.560. The van der Waals surface area contributed by atoms with Crippen LogP contribution < -0.4 is 10.1 Å². The summed E-state index contributed by atoms with van der Waals surface area (Å²) in [6.07, 6.45) is 2.75. The van der Waals surface area contributed by atoms with Gasteiger partial charge >= 0.3 is 0 Å². The summed E-state index contributed by atoms with van der Waals surface area (Å²) in [6, 6.07) is 7.74. The van der Waals surface area contributed by atoms with E-state index >= 15 is 0 Å². The van der Waals surface area contributed by atoms with Crippen LogP contribution in [0.3, 0.4) is 0 Å². The third kappa shape index (κ3) is 4.67. The van der Waals surface area contributed by atoms with Crippen LogP contribution in [-0.4, -0.2) is 24.4 Å². The lowest BCUT2D eigenvalue weighted by Crippen LogP contribution is -2.31. The van der Waals surface area contributed by atoms with Crippen LogP contribution in [0.1, 0.15) is 11.1 Å². The Morgan fingerprint density at radius 2 is 2.25 bits per heavy atom. The maximum Gasteiger partial charge on any atom is 0.133 e. The van der Waals surface area contributed by atoms with E-state index in [1.165, 1.54) is 0 Å². The van der Waals surface area contributed by atoms with Crippen molar-refractivity contribution in [2.24, 2.45) is 0 Å². The van der Waals surface area contributed by atoms with Gasteiger partial charge in [0.1, 0.15) is 18.5 Å². The summed E-state index contributed by atoms with van der Waals surface area (Å²) in [5.41, 5.74) is 2.21. The molecule has 108 valence electrons. The van der Waals surface area contributed by atoms with E-state index in [0.29, 0.717) is 13.1 Å². The number of furan rings is 1. The van der Waals surface area contributed by atoms with E-state index in [2.05, 4.69) is 21.2 Å². The predicted molar refractivity (Wildman–Crippen MR) is 80.8 cm³/mol. The van der Waals surface area contributed by atoms with Crippen LogP contribution in [0.5, 0.6) is 5.75 Å². The molecule has 2 aromatic rings. The van der Waals surface area contributed by atoms with Crippen molar-refractivity contribution in [1.29, 1.82) is 0 Å². The molecule has 0 radical (unpaired) electrons. The molecule has 1 aromatic heterocycles. The molecular weight excluding hydrogens is 322 g/mol. The second-order valence-electron chi connectivity index (χ2n) is 4.66. The summed E-state index contributed by atoms with van der Waals surface area (Å²) < 4.78 is 11.5. The van der Waals surface area contributed by atoms with Gasteiger partial charge in [0.2, 0.25) is 0 Å². The average molecular weight is 340 g/mol. The number of aryl methyl sites for hydroxylation is 1. The lowest BCUT2D eigenvalue weighted by atomic mass is 10.2. The van der Waals surface area contributed by atoms with E-state index in [1.807, 2.05) is 31.2 Å². The summed E-state index contributed by atoms with van der Waals surface area (Å²) in [4.78, 5) is 0. The normalized spacial score (nSPS) is 12.3. The smallest absolute Gasteiger partial charge is 0.133 e. The van der Waals surface area contributed by atoms with E-state index in [-0.39, 0.29) is 6.61 Å². The molecule has 0 fully saturated rings. The number of aliphatic hydroxyl groups is 1. The van der Waals surface area contributed by atoms with Gasteiger partial charge in [-0.25, -0.2) is 0 Å². The number of halogens is 1. The van der Waals surface area contributed by atoms with Gasteiger partial charge in [-0.1, -0.05) is 6.07 Å². The summed E-state index contributed by atoms with van der Waals surface area (Å²) in [7, 11) is 0. The third-order valence-electron chi connectivity index (χ3n) is 2.81. The highest BCUT2D eigenvalue weighted by molar-refractivity contribution is 9.10. The van der Waals surface area contributed by atoms with Crippen molar-refractivity contribution >= 4 is 15.9 Å². The standard InChI is InChI=1S/C15H18BrNO3/c1-11-2-3-15(14(16)6-11)20-10-13(18)8-17-7-12-4-5-19-9-12/h2-6,9,13,17-18H,7-8,10H2,1H3. The molecule has 5 heteroatoms. The molecule has 1 heterocycles. The SMILES string of the molecule is Cc1ccc(OCC(O)CNCc2ccoc2)c(Br)c1. The van der Waals surface area contributed by atoms with E-state index in [9.17, 15) is 5.11 Å². The molecule has 0 aliphatic rings. The van der Waals surface area contributed by atoms with Gasteiger partial charge in [-0.2, -0.15) is 0 Å². The first kappa shape index (κ1) is 15.1. The molecule has 0 saturated heterocycles. The zero-order chi connectivity index (χ0) is 14.4. The van der Waals surface area contributed by atoms with Crippen molar-refractivity contribution in [3.05, 3.63) is 52.4 Å². The molecule has 20 heavy (non-hydrogen) atoms. The molecule has 0 amide bonds. The zero-order valence-corrected chi connectivity index (χ0v) is 12.9. The second kappa shape index (κ2) is 7.47. The molecule has 4 nitrogen and oxygen atoms in total. The minimum absolute atomic E-state index is 0.250. The predicted octanol–water partition coefficient (Wildman–Crippen LogP) is 2.88. The molecule has 1 atom stereocenters. The number of benzene rings is 1. The summed E-state index contributed by atoms with van der Waals surface area (Å²) in [6.45, 7) is 3.40. The van der Waals surface area contributed by atoms with Gasteiger partial charge in [-0.05, 0) is 46.6 Å². The lowest BCUT2D eigenvalue weighted by molar-refractivity contribution is 0.106. The Hall–Kier alpha value is -1.30. The van der Waals surface area contributed by atoms with Crippen LogP contribution in [0.2, 0.25) is 0 Å². The molecule has 0 bridgehead atoms. The number of nitrogens with one attached hydrogen (secondary N) is 1. The largest absolute Gasteiger partial charge is 0.490 e. The highest BCUT2D eigenvalue weighted by atomic mass is 79.9. The van der Waals surface area contributed by atoms with Gasteiger partial charge < -0.3 is 19.6 Å². The highest BCUT2D eigenvalue weighted by Crippen LogP contribution is 2.25. The Morgan fingerprint density at radius 3 is 2.95 bits per heavy atom. The first-order valence-corrected chi connectivity index (χ1v) is 7.23. The summed E-state index contributed by atoms with van der Waals surface area (Å²) in [5, 5.41) is 13.0. The molecule has 1 unspecified atom stereocenters. The van der Waals surface area contributed by atoms with Gasteiger partial charge in [-0.15, -0.1) is 0 Å². The fraction of sp³-hybridized carbons (Fsp3) is 0.333. The lowest BCUT2D eigenvalue weighted by Gasteiger charge is -2.14. The van der Waals surface area contributed by atoms with Crippen LogP contribution in [0.15, 0.2) is 45.7 Å². The fourth-order valence-corrected chi connectivity index (χ4v) is 2.35. The van der Waals surface area contributed by atoms with Gasteiger partial charge in [0.15, 0.2) is 0 Å². The van der Waals surface area contributed by atoms with Gasteiger partial charge in [0.05, 0.1) is 17.0 Å². The summed E-state index contributed by atoms with van der Waals surface area (Å²) in [5.74, 6) is 0.740. The molecule has 2 rings (SSSR count). The number of hydrogen-bond acceptors (Lipinski definition) is 4. The Bertz CT molecular complexity index is 528. The van der Waals surface area contributed by atoms with Crippen LogP contribution in [-0.2, 0) is 6.54 Å². The Balaban J connectivity index is 1.70. The van der Waals surface area contributed by atoms with Crippen LogP contribution in [0.25, 0.3) is 0 Å². The van der Waals surface area contributed by atoms with Crippen LogP contribution in [0.4, 0.5) is 0 Å². The zero-order valence-electron chi connectivity index (χ0n) is 11.3. The monoisotopic (exact) mass is 339 g/mol. The number of rotatable bonds is 7. The Kier molecular flexibility index (Phi) is 5.64. The molecule has 1 aromatic carbocycles. The first-order chi connectivity index (χ1) is 9.65. The third-order valence-corrected chi connectivity index (χ3v) is 3.43. The number of hydrogen-bond donors (Lipinski definition) is 2. The first-order valence-electron chi connectivity index (χ1n) is 6.44.